The molecule has 1 N–H and O–H groups in total. The Kier molecular flexibility index (Phi) is 2.60. The van der Waals surface area contributed by atoms with Gasteiger partial charge in [0.05, 0.1) is 6.04 Å². The van der Waals surface area contributed by atoms with E-state index in [2.05, 4.69) is 40.5 Å². The molecular weight excluding hydrogens is 256 g/mol. The third-order valence-corrected chi connectivity index (χ3v) is 5.34. The van der Waals surface area contributed by atoms with Crippen molar-refractivity contribution in [3.05, 3.63) is 35.2 Å². The fourth-order valence-electron chi connectivity index (χ4n) is 3.23. The Labute approximate surface area is 116 Å². The van der Waals surface area contributed by atoms with Crippen LogP contribution in [0.25, 0.3) is 10.1 Å². The number of nitrogens with zero attached hydrogens (tertiary/aromatic N) is 1. The van der Waals surface area contributed by atoms with Gasteiger partial charge in [-0.1, -0.05) is 24.6 Å². The van der Waals surface area contributed by atoms with Crippen molar-refractivity contribution in [3.63, 3.8) is 0 Å². The van der Waals surface area contributed by atoms with Gasteiger partial charge in [0.15, 0.2) is 0 Å². The second-order valence-electron chi connectivity index (χ2n) is 5.35. The summed E-state index contributed by atoms with van der Waals surface area (Å²) in [5.74, 6) is 0.210. The number of fused-ring (bicyclic) bond motifs is 2. The van der Waals surface area contributed by atoms with E-state index in [1.54, 1.807) is 11.3 Å². The smallest absolute Gasteiger partial charge is 0.238 e. The highest BCUT2D eigenvalue weighted by Gasteiger charge is 2.41. The van der Waals surface area contributed by atoms with E-state index in [1.165, 1.54) is 27.8 Å². The van der Waals surface area contributed by atoms with Crippen LogP contribution in [-0.4, -0.2) is 23.4 Å². The summed E-state index contributed by atoms with van der Waals surface area (Å²) in [6.45, 7) is 1.03. The third-order valence-electron chi connectivity index (χ3n) is 4.17. The summed E-state index contributed by atoms with van der Waals surface area (Å²) in [6.07, 6.45) is 3.48. The number of hydrogen-bond donors (Lipinski definition) is 1. The summed E-state index contributed by atoms with van der Waals surface area (Å²) in [6, 6.07) is 10.7. The molecule has 2 saturated heterocycles. The maximum Gasteiger partial charge on any atom is 0.238 e. The molecule has 2 aromatic rings. The minimum atomic E-state index is 0.0928. The van der Waals surface area contributed by atoms with Crippen molar-refractivity contribution in [1.29, 1.82) is 0 Å². The lowest BCUT2D eigenvalue weighted by molar-refractivity contribution is -0.122. The fourth-order valence-corrected chi connectivity index (χ4v) is 4.37. The molecule has 3 heterocycles. The molecule has 0 saturated carbocycles. The molecule has 2 aliphatic rings. The number of thiophene rings is 1. The summed E-state index contributed by atoms with van der Waals surface area (Å²) >= 11 is 1.80. The molecule has 19 heavy (non-hydrogen) atoms. The fraction of sp³-hybridized carbons (Fsp3) is 0.400. The maximum absolute atomic E-state index is 12.1. The number of benzene rings is 1. The third kappa shape index (κ3) is 1.78. The molecule has 0 bridgehead atoms. The van der Waals surface area contributed by atoms with Crippen molar-refractivity contribution in [1.82, 2.24) is 10.2 Å². The largest absolute Gasteiger partial charge is 0.334 e. The molecule has 0 radical (unpaired) electrons. The highest BCUT2D eigenvalue weighted by atomic mass is 32.1. The van der Waals surface area contributed by atoms with Gasteiger partial charge in [-0.2, -0.15) is 0 Å². The van der Waals surface area contributed by atoms with E-state index in [0.29, 0.717) is 0 Å². The Bertz CT molecular complexity index is 603. The first-order valence-corrected chi connectivity index (χ1v) is 7.69. The van der Waals surface area contributed by atoms with Gasteiger partial charge in [-0.05, 0) is 30.4 Å². The quantitative estimate of drug-likeness (QED) is 0.865. The molecule has 3 nitrogen and oxygen atoms in total. The SMILES string of the molecule is O=C1NC(c2cc3ccccc3s2)N2CCCCC12. The Balaban J connectivity index is 1.73. The van der Waals surface area contributed by atoms with Gasteiger partial charge in [-0.15, -0.1) is 11.3 Å². The zero-order chi connectivity index (χ0) is 12.8. The number of piperidine rings is 1. The Morgan fingerprint density at radius 1 is 1.26 bits per heavy atom. The minimum Gasteiger partial charge on any atom is -0.334 e. The van der Waals surface area contributed by atoms with E-state index >= 15 is 0 Å². The maximum atomic E-state index is 12.1. The van der Waals surface area contributed by atoms with Crippen molar-refractivity contribution in [2.24, 2.45) is 0 Å². The number of nitrogens with one attached hydrogen (secondary N) is 1. The average Bonchev–Trinajstić information content (AvgIpc) is 3.01. The molecular formula is C15H16N2OS. The molecule has 2 unspecified atom stereocenters. The molecule has 1 aromatic heterocycles. The lowest BCUT2D eigenvalue weighted by Crippen LogP contribution is -2.38. The van der Waals surface area contributed by atoms with Gasteiger partial charge >= 0.3 is 0 Å². The van der Waals surface area contributed by atoms with Crippen LogP contribution in [-0.2, 0) is 4.79 Å². The highest BCUT2D eigenvalue weighted by Crippen LogP contribution is 2.37. The molecule has 2 aliphatic heterocycles. The van der Waals surface area contributed by atoms with Gasteiger partial charge in [-0.25, -0.2) is 0 Å². The normalized spacial score (nSPS) is 27.5. The Morgan fingerprint density at radius 3 is 3.05 bits per heavy atom. The molecule has 0 spiro atoms. The van der Waals surface area contributed by atoms with E-state index in [0.717, 1.165) is 13.0 Å². The lowest BCUT2D eigenvalue weighted by atomic mass is 10.0. The summed E-state index contributed by atoms with van der Waals surface area (Å²) in [5.41, 5.74) is 0. The van der Waals surface area contributed by atoms with E-state index in [1.807, 2.05) is 0 Å². The lowest BCUT2D eigenvalue weighted by Gasteiger charge is -2.30. The molecule has 1 amide bonds. The predicted octanol–water partition coefficient (Wildman–Crippen LogP) is 2.88. The molecule has 1 aromatic carbocycles. The first-order chi connectivity index (χ1) is 9.33. The Morgan fingerprint density at radius 2 is 2.16 bits per heavy atom. The number of hydrogen-bond acceptors (Lipinski definition) is 3. The van der Waals surface area contributed by atoms with Gasteiger partial charge in [0.1, 0.15) is 6.17 Å². The average molecular weight is 272 g/mol. The zero-order valence-electron chi connectivity index (χ0n) is 10.6. The van der Waals surface area contributed by atoms with Crippen LogP contribution in [0.4, 0.5) is 0 Å². The van der Waals surface area contributed by atoms with E-state index in [-0.39, 0.29) is 18.1 Å². The van der Waals surface area contributed by atoms with E-state index in [4.69, 9.17) is 0 Å². The van der Waals surface area contributed by atoms with E-state index < -0.39 is 0 Å². The van der Waals surface area contributed by atoms with Gasteiger partial charge in [0, 0.05) is 16.1 Å². The van der Waals surface area contributed by atoms with Crippen molar-refractivity contribution in [2.45, 2.75) is 31.5 Å². The van der Waals surface area contributed by atoms with Crippen LogP contribution < -0.4 is 5.32 Å². The van der Waals surface area contributed by atoms with Crippen molar-refractivity contribution >= 4 is 27.3 Å². The first-order valence-electron chi connectivity index (χ1n) is 6.87. The molecule has 98 valence electrons. The van der Waals surface area contributed by atoms with E-state index in [9.17, 15) is 4.79 Å². The number of carbonyl (C=O) groups is 1. The number of rotatable bonds is 1. The van der Waals surface area contributed by atoms with Gasteiger partial charge in [0.25, 0.3) is 0 Å². The molecule has 2 atom stereocenters. The van der Waals surface area contributed by atoms with Crippen LogP contribution >= 0.6 is 11.3 Å². The molecule has 2 fully saturated rings. The number of amides is 1. The molecule has 4 rings (SSSR count). The van der Waals surface area contributed by atoms with Crippen LogP contribution in [0.15, 0.2) is 30.3 Å². The van der Waals surface area contributed by atoms with Crippen LogP contribution in [0.1, 0.15) is 30.3 Å². The summed E-state index contributed by atoms with van der Waals surface area (Å²) < 4.78 is 1.30. The topological polar surface area (TPSA) is 32.3 Å². The minimum absolute atomic E-state index is 0.0928. The van der Waals surface area contributed by atoms with Gasteiger partial charge < -0.3 is 5.32 Å². The van der Waals surface area contributed by atoms with Crippen molar-refractivity contribution in [3.8, 4) is 0 Å². The second-order valence-corrected chi connectivity index (χ2v) is 6.46. The highest BCUT2D eigenvalue weighted by molar-refractivity contribution is 7.19. The summed E-state index contributed by atoms with van der Waals surface area (Å²) in [7, 11) is 0. The van der Waals surface area contributed by atoms with Gasteiger partial charge in [-0.3, -0.25) is 9.69 Å². The summed E-state index contributed by atoms with van der Waals surface area (Å²) in [5, 5.41) is 4.45. The molecule has 4 heteroatoms. The van der Waals surface area contributed by atoms with Crippen LogP contribution in [0.3, 0.4) is 0 Å². The van der Waals surface area contributed by atoms with Crippen LogP contribution in [0, 0.1) is 0 Å². The van der Waals surface area contributed by atoms with Crippen LogP contribution in [0.2, 0.25) is 0 Å². The zero-order valence-corrected chi connectivity index (χ0v) is 11.5. The Hall–Kier alpha value is -1.39. The standard InChI is InChI=1S/C15H16N2OS/c18-15-11-6-3-4-8-17(11)14(16-15)13-9-10-5-1-2-7-12(10)19-13/h1-2,5,7,9,11,14H,3-4,6,8H2,(H,16,18). The predicted molar refractivity (Wildman–Crippen MR) is 77.1 cm³/mol. The van der Waals surface area contributed by atoms with Crippen molar-refractivity contribution < 1.29 is 4.79 Å². The second kappa shape index (κ2) is 4.32. The van der Waals surface area contributed by atoms with Gasteiger partial charge in [0.2, 0.25) is 5.91 Å². The molecule has 0 aliphatic carbocycles. The van der Waals surface area contributed by atoms with Crippen molar-refractivity contribution in [2.75, 3.05) is 6.54 Å². The monoisotopic (exact) mass is 272 g/mol. The van der Waals surface area contributed by atoms with Crippen LogP contribution in [0.5, 0.6) is 0 Å². The first kappa shape index (κ1) is 11.4. The number of carbonyl (C=O) groups excluding carboxylic acids is 1. The summed E-state index contributed by atoms with van der Waals surface area (Å²) in [4.78, 5) is 15.7.